The van der Waals surface area contributed by atoms with Crippen molar-refractivity contribution < 1.29 is 8.78 Å². The molecule has 2 aromatic heterocycles. The van der Waals surface area contributed by atoms with Gasteiger partial charge in [0.25, 0.3) is 0 Å². The van der Waals surface area contributed by atoms with E-state index in [1.165, 1.54) is 0 Å². The summed E-state index contributed by atoms with van der Waals surface area (Å²) in [6.45, 7) is 1.74. The molecule has 1 aliphatic rings. The first kappa shape index (κ1) is 15.1. The van der Waals surface area contributed by atoms with E-state index in [0.717, 1.165) is 12.4 Å². The van der Waals surface area contributed by atoms with E-state index >= 15 is 0 Å². The van der Waals surface area contributed by atoms with E-state index in [0.29, 0.717) is 26.2 Å². The molecule has 1 fully saturated rings. The quantitative estimate of drug-likeness (QED) is 0.777. The summed E-state index contributed by atoms with van der Waals surface area (Å²) in [4.78, 5) is 18.4. The van der Waals surface area contributed by atoms with E-state index in [1.54, 1.807) is 9.80 Å². The van der Waals surface area contributed by atoms with Gasteiger partial charge in [0.2, 0.25) is 10.6 Å². The summed E-state index contributed by atoms with van der Waals surface area (Å²) >= 11 is 11.4. The Kier molecular flexibility index (Phi) is 4.21. The van der Waals surface area contributed by atoms with Crippen LogP contribution in [0.2, 0.25) is 10.6 Å². The monoisotopic (exact) mass is 346 g/mol. The van der Waals surface area contributed by atoms with E-state index in [4.69, 9.17) is 23.2 Å². The van der Waals surface area contributed by atoms with Crippen molar-refractivity contribution >= 4 is 34.8 Å². The van der Waals surface area contributed by atoms with Gasteiger partial charge in [0.1, 0.15) is 0 Å². The molecule has 22 heavy (non-hydrogen) atoms. The second-order valence-electron chi connectivity index (χ2n) is 4.60. The molecule has 2 aromatic rings. The SMILES string of the molecule is Fc1cnc(Cl)nc1N1CCN(c2nc(Cl)ncc2F)CC1. The van der Waals surface area contributed by atoms with Gasteiger partial charge in [0.05, 0.1) is 12.4 Å². The first-order chi connectivity index (χ1) is 10.5. The Balaban J connectivity index is 1.75. The average Bonchev–Trinajstić information content (AvgIpc) is 2.52. The lowest BCUT2D eigenvalue weighted by molar-refractivity contribution is 0.565. The third kappa shape index (κ3) is 3.02. The van der Waals surface area contributed by atoms with Crippen LogP contribution in [0.25, 0.3) is 0 Å². The number of aromatic nitrogens is 4. The molecule has 0 spiro atoms. The van der Waals surface area contributed by atoms with Crippen LogP contribution in [-0.2, 0) is 0 Å². The van der Waals surface area contributed by atoms with Crippen molar-refractivity contribution in [3.8, 4) is 0 Å². The van der Waals surface area contributed by atoms with Crippen molar-refractivity contribution in [1.82, 2.24) is 19.9 Å². The number of rotatable bonds is 2. The van der Waals surface area contributed by atoms with Crippen molar-refractivity contribution in [3.63, 3.8) is 0 Å². The molecule has 116 valence electrons. The summed E-state index contributed by atoms with van der Waals surface area (Å²) in [6, 6.07) is 0. The minimum Gasteiger partial charge on any atom is -0.350 e. The maximum Gasteiger partial charge on any atom is 0.224 e. The molecule has 0 radical (unpaired) electrons. The van der Waals surface area contributed by atoms with E-state index in [9.17, 15) is 8.78 Å². The maximum atomic E-state index is 13.8. The highest BCUT2D eigenvalue weighted by Gasteiger charge is 2.24. The second kappa shape index (κ2) is 6.13. The van der Waals surface area contributed by atoms with Crippen LogP contribution >= 0.6 is 23.2 Å². The summed E-state index contributed by atoms with van der Waals surface area (Å²) in [6.07, 6.45) is 2.06. The van der Waals surface area contributed by atoms with Gasteiger partial charge in [-0.3, -0.25) is 0 Å². The highest BCUT2D eigenvalue weighted by atomic mass is 35.5. The lowest BCUT2D eigenvalue weighted by Crippen LogP contribution is -2.47. The summed E-state index contributed by atoms with van der Waals surface area (Å²) < 4.78 is 27.5. The van der Waals surface area contributed by atoms with Gasteiger partial charge >= 0.3 is 0 Å². The third-order valence-corrected chi connectivity index (χ3v) is 3.64. The van der Waals surface area contributed by atoms with Crippen molar-refractivity contribution in [3.05, 3.63) is 34.6 Å². The normalized spacial score (nSPS) is 15.3. The fraction of sp³-hybridized carbons (Fsp3) is 0.333. The van der Waals surface area contributed by atoms with Crippen molar-refractivity contribution in [2.24, 2.45) is 0 Å². The largest absolute Gasteiger partial charge is 0.350 e. The van der Waals surface area contributed by atoms with Crippen LogP contribution in [0.4, 0.5) is 20.4 Å². The molecule has 3 rings (SSSR count). The molecule has 1 saturated heterocycles. The topological polar surface area (TPSA) is 58.0 Å². The zero-order valence-electron chi connectivity index (χ0n) is 11.2. The minimum atomic E-state index is -0.547. The fourth-order valence-corrected chi connectivity index (χ4v) is 2.51. The summed E-state index contributed by atoms with van der Waals surface area (Å²) in [5.41, 5.74) is 0. The van der Waals surface area contributed by atoms with Gasteiger partial charge in [-0.15, -0.1) is 0 Å². The zero-order chi connectivity index (χ0) is 15.7. The standard InChI is InChI=1S/C12H10Cl2F2N6/c13-11-17-5-7(15)9(19-11)21-1-2-22(4-3-21)10-8(16)6-18-12(14)20-10/h5-6H,1-4H2. The molecular formula is C12H10Cl2F2N6. The first-order valence-electron chi connectivity index (χ1n) is 6.40. The molecule has 0 unspecified atom stereocenters. The van der Waals surface area contributed by atoms with E-state index in [1.807, 2.05) is 0 Å². The summed E-state index contributed by atoms with van der Waals surface area (Å²) in [5, 5.41) is -0.0417. The van der Waals surface area contributed by atoms with Gasteiger partial charge in [0.15, 0.2) is 23.3 Å². The number of anilines is 2. The van der Waals surface area contributed by atoms with Crippen LogP contribution < -0.4 is 9.80 Å². The summed E-state index contributed by atoms with van der Waals surface area (Å²) in [7, 11) is 0. The summed E-state index contributed by atoms with van der Waals surface area (Å²) in [5.74, 6) is -0.815. The highest BCUT2D eigenvalue weighted by molar-refractivity contribution is 6.28. The first-order valence-corrected chi connectivity index (χ1v) is 7.16. The molecule has 10 heteroatoms. The smallest absolute Gasteiger partial charge is 0.224 e. The van der Waals surface area contributed by atoms with E-state index in [-0.39, 0.29) is 22.2 Å². The Morgan fingerprint density at radius 2 is 1.14 bits per heavy atom. The lowest BCUT2D eigenvalue weighted by atomic mass is 10.3. The number of hydrogen-bond acceptors (Lipinski definition) is 6. The lowest BCUT2D eigenvalue weighted by Gasteiger charge is -2.36. The Bertz CT molecular complexity index is 634. The van der Waals surface area contributed by atoms with Crippen molar-refractivity contribution in [2.45, 2.75) is 0 Å². The molecule has 0 atom stereocenters. The second-order valence-corrected chi connectivity index (χ2v) is 5.27. The number of hydrogen-bond donors (Lipinski definition) is 0. The highest BCUT2D eigenvalue weighted by Crippen LogP contribution is 2.23. The number of piperazine rings is 1. The van der Waals surface area contributed by atoms with Crippen molar-refractivity contribution in [2.75, 3.05) is 36.0 Å². The van der Waals surface area contributed by atoms with Gasteiger partial charge in [-0.2, -0.15) is 9.97 Å². The maximum absolute atomic E-state index is 13.8. The average molecular weight is 347 g/mol. The van der Waals surface area contributed by atoms with Crippen LogP contribution in [0.5, 0.6) is 0 Å². The predicted octanol–water partition coefficient (Wildman–Crippen LogP) is 2.18. The Hall–Kier alpha value is -1.80. The van der Waals surface area contributed by atoms with Gasteiger partial charge < -0.3 is 9.80 Å². The molecule has 0 bridgehead atoms. The Labute approximate surface area is 134 Å². The Morgan fingerprint density at radius 1 is 0.773 bits per heavy atom. The molecule has 0 amide bonds. The van der Waals surface area contributed by atoms with Gasteiger partial charge in [-0.1, -0.05) is 0 Å². The molecule has 1 aliphatic heterocycles. The fourth-order valence-electron chi connectivity index (χ4n) is 2.25. The minimum absolute atomic E-state index is 0.0209. The van der Waals surface area contributed by atoms with Gasteiger partial charge in [0, 0.05) is 26.2 Å². The van der Waals surface area contributed by atoms with Crippen LogP contribution in [0.1, 0.15) is 0 Å². The zero-order valence-corrected chi connectivity index (χ0v) is 12.7. The van der Waals surface area contributed by atoms with Crippen LogP contribution in [-0.4, -0.2) is 46.1 Å². The van der Waals surface area contributed by atoms with Crippen LogP contribution in [0.15, 0.2) is 12.4 Å². The number of halogens is 4. The van der Waals surface area contributed by atoms with Crippen LogP contribution in [0.3, 0.4) is 0 Å². The van der Waals surface area contributed by atoms with Crippen molar-refractivity contribution in [1.29, 1.82) is 0 Å². The molecule has 0 saturated carbocycles. The molecule has 3 heterocycles. The number of nitrogens with zero attached hydrogens (tertiary/aromatic N) is 6. The van der Waals surface area contributed by atoms with E-state index < -0.39 is 11.6 Å². The van der Waals surface area contributed by atoms with Gasteiger partial charge in [-0.25, -0.2) is 18.7 Å². The molecule has 6 nitrogen and oxygen atoms in total. The molecule has 0 aliphatic carbocycles. The Morgan fingerprint density at radius 3 is 1.50 bits per heavy atom. The predicted molar refractivity (Wildman–Crippen MR) is 78.4 cm³/mol. The van der Waals surface area contributed by atoms with Gasteiger partial charge in [-0.05, 0) is 23.2 Å². The third-order valence-electron chi connectivity index (χ3n) is 3.27. The molecular weight excluding hydrogens is 337 g/mol. The van der Waals surface area contributed by atoms with Crippen LogP contribution in [0, 0.1) is 11.6 Å². The molecule has 0 aromatic carbocycles. The molecule has 0 N–H and O–H groups in total. The van der Waals surface area contributed by atoms with E-state index in [2.05, 4.69) is 19.9 Å².